The number of aryl methyl sites for hydroxylation is 1. The zero-order chi connectivity index (χ0) is 19.3. The van der Waals surface area contributed by atoms with Crippen LogP contribution in [0.4, 0.5) is 11.4 Å². The second-order valence-electron chi connectivity index (χ2n) is 7.04. The number of fused-ring (bicyclic) bond motifs is 2. The number of nitrogens with zero attached hydrogens (tertiary/aromatic N) is 4. The van der Waals surface area contributed by atoms with Gasteiger partial charge in [0.15, 0.2) is 0 Å². The molecule has 4 aromatic rings. The number of hydrogen-bond donors (Lipinski definition) is 1. The van der Waals surface area contributed by atoms with Crippen molar-refractivity contribution in [1.82, 2.24) is 14.5 Å². The van der Waals surface area contributed by atoms with Gasteiger partial charge in [-0.3, -0.25) is 4.79 Å². The molecular formula is C21H17N5OS. The van der Waals surface area contributed by atoms with E-state index in [0.29, 0.717) is 18.7 Å². The molecule has 1 fully saturated rings. The molecule has 1 amide bonds. The molecule has 138 valence electrons. The van der Waals surface area contributed by atoms with E-state index in [1.165, 1.54) is 10.1 Å². The topological polar surface area (TPSA) is 73.4 Å². The number of carbonyl (C=O) groups is 1. The average molecular weight is 387 g/mol. The molecule has 6 nitrogen and oxygen atoms in total. The number of benzene rings is 1. The van der Waals surface area contributed by atoms with E-state index in [9.17, 15) is 4.79 Å². The van der Waals surface area contributed by atoms with Gasteiger partial charge in [-0.1, -0.05) is 6.07 Å². The van der Waals surface area contributed by atoms with Crippen molar-refractivity contribution in [1.29, 1.82) is 5.26 Å². The first-order valence-electron chi connectivity index (χ1n) is 9.04. The van der Waals surface area contributed by atoms with Gasteiger partial charge in [-0.2, -0.15) is 10.4 Å². The van der Waals surface area contributed by atoms with Crippen LogP contribution in [-0.4, -0.2) is 33.5 Å². The zero-order valence-electron chi connectivity index (χ0n) is 15.2. The lowest BCUT2D eigenvalue weighted by Gasteiger charge is -2.35. The largest absolute Gasteiger partial charge is 0.354 e. The Labute approximate surface area is 165 Å². The van der Waals surface area contributed by atoms with Crippen LogP contribution in [0.15, 0.2) is 48.1 Å². The number of anilines is 2. The highest BCUT2D eigenvalue weighted by molar-refractivity contribution is 7.17. The molecule has 0 saturated carbocycles. The van der Waals surface area contributed by atoms with E-state index < -0.39 is 0 Å². The summed E-state index contributed by atoms with van der Waals surface area (Å²) in [6.45, 7) is 2.94. The van der Waals surface area contributed by atoms with Gasteiger partial charge in [0.25, 0.3) is 5.91 Å². The van der Waals surface area contributed by atoms with Crippen LogP contribution < -0.4 is 5.32 Å². The number of nitrogens with one attached hydrogen (secondary N) is 1. The van der Waals surface area contributed by atoms with E-state index in [-0.39, 0.29) is 11.8 Å². The second-order valence-corrected chi connectivity index (χ2v) is 7.99. The van der Waals surface area contributed by atoms with Crippen LogP contribution in [0.2, 0.25) is 0 Å². The summed E-state index contributed by atoms with van der Waals surface area (Å²) < 4.78 is 2.97. The summed E-state index contributed by atoms with van der Waals surface area (Å²) in [5, 5.41) is 20.1. The molecule has 1 aromatic carbocycles. The maximum Gasteiger partial charge on any atom is 0.255 e. The van der Waals surface area contributed by atoms with E-state index in [1.54, 1.807) is 33.1 Å². The first-order chi connectivity index (χ1) is 13.6. The van der Waals surface area contributed by atoms with E-state index >= 15 is 0 Å². The van der Waals surface area contributed by atoms with Crippen molar-refractivity contribution in [2.45, 2.75) is 6.92 Å². The molecule has 1 saturated heterocycles. The third-order valence-corrected chi connectivity index (χ3v) is 6.12. The van der Waals surface area contributed by atoms with Gasteiger partial charge >= 0.3 is 0 Å². The average Bonchev–Trinajstić information content (AvgIpc) is 3.25. The lowest BCUT2D eigenvalue weighted by molar-refractivity contribution is 0.0576. The van der Waals surface area contributed by atoms with Crippen LogP contribution in [0.3, 0.4) is 0 Å². The van der Waals surface area contributed by atoms with Gasteiger partial charge in [-0.15, -0.1) is 11.3 Å². The van der Waals surface area contributed by atoms with Crippen LogP contribution in [0.1, 0.15) is 15.9 Å². The van der Waals surface area contributed by atoms with Crippen LogP contribution in [0.25, 0.3) is 15.6 Å². The summed E-state index contributed by atoms with van der Waals surface area (Å²) in [5.41, 5.74) is 4.30. The van der Waals surface area contributed by atoms with Gasteiger partial charge in [0.05, 0.1) is 28.8 Å². The number of aromatic nitrogens is 2. The van der Waals surface area contributed by atoms with Crippen molar-refractivity contribution in [2.75, 3.05) is 18.4 Å². The number of likely N-dealkylation sites (tertiary alicyclic amines) is 1. The zero-order valence-corrected chi connectivity index (χ0v) is 16.0. The lowest BCUT2D eigenvalue weighted by atomic mass is 10.0. The predicted molar refractivity (Wildman–Crippen MR) is 110 cm³/mol. The minimum Gasteiger partial charge on any atom is -0.354 e. The van der Waals surface area contributed by atoms with E-state index in [4.69, 9.17) is 5.26 Å². The van der Waals surface area contributed by atoms with E-state index in [0.717, 1.165) is 22.5 Å². The number of nitriles is 1. The second kappa shape index (κ2) is 6.36. The molecule has 0 unspecified atom stereocenters. The first kappa shape index (κ1) is 16.8. The molecule has 0 radical (unpaired) electrons. The van der Waals surface area contributed by atoms with Gasteiger partial charge in [-0.05, 0) is 47.5 Å². The van der Waals surface area contributed by atoms with Gasteiger partial charge in [0.1, 0.15) is 0 Å². The Morgan fingerprint density at radius 2 is 2.18 bits per heavy atom. The number of amides is 1. The van der Waals surface area contributed by atoms with Crippen molar-refractivity contribution < 1.29 is 4.79 Å². The van der Waals surface area contributed by atoms with Crippen molar-refractivity contribution >= 4 is 44.2 Å². The molecule has 1 aliphatic heterocycles. The Kier molecular flexibility index (Phi) is 3.81. The molecule has 3 aromatic heterocycles. The molecule has 0 spiro atoms. The quantitative estimate of drug-likeness (QED) is 0.572. The molecule has 5 rings (SSSR count). The maximum absolute atomic E-state index is 12.8. The van der Waals surface area contributed by atoms with Gasteiger partial charge in [0, 0.05) is 35.9 Å². The van der Waals surface area contributed by atoms with Crippen LogP contribution in [0, 0.1) is 24.2 Å². The maximum atomic E-state index is 12.8. The molecule has 7 heteroatoms. The molecule has 28 heavy (non-hydrogen) atoms. The molecule has 0 atom stereocenters. The smallest absolute Gasteiger partial charge is 0.255 e. The molecule has 0 bridgehead atoms. The summed E-state index contributed by atoms with van der Waals surface area (Å²) in [7, 11) is 0. The number of carbonyl (C=O) groups excluding carboxylic acids is 1. The highest BCUT2D eigenvalue weighted by Gasteiger charge is 2.32. The van der Waals surface area contributed by atoms with Gasteiger partial charge in [-0.25, -0.2) is 4.52 Å². The van der Waals surface area contributed by atoms with Gasteiger partial charge < -0.3 is 10.2 Å². The third kappa shape index (κ3) is 2.62. The Hall–Kier alpha value is -3.37. The summed E-state index contributed by atoms with van der Waals surface area (Å²) in [6.07, 6.45) is 3.50. The third-order valence-electron chi connectivity index (χ3n) is 5.24. The Morgan fingerprint density at radius 1 is 1.32 bits per heavy atom. The van der Waals surface area contributed by atoms with Crippen molar-refractivity contribution in [3.8, 4) is 6.07 Å². The van der Waals surface area contributed by atoms with Crippen LogP contribution in [-0.2, 0) is 0 Å². The summed E-state index contributed by atoms with van der Waals surface area (Å²) in [6, 6.07) is 12.5. The lowest BCUT2D eigenvalue weighted by Crippen LogP contribution is -2.49. The van der Waals surface area contributed by atoms with E-state index in [2.05, 4.69) is 46.1 Å². The Bertz CT molecular complexity index is 1260. The van der Waals surface area contributed by atoms with Crippen molar-refractivity contribution in [3.05, 3.63) is 59.2 Å². The fourth-order valence-electron chi connectivity index (χ4n) is 3.66. The molecule has 4 heterocycles. The van der Waals surface area contributed by atoms with Crippen molar-refractivity contribution in [3.63, 3.8) is 0 Å². The fraction of sp³-hybridized carbons (Fsp3) is 0.190. The summed E-state index contributed by atoms with van der Waals surface area (Å²) in [5.74, 6) is -0.0933. The first-order valence-corrected chi connectivity index (χ1v) is 9.92. The SMILES string of the molecule is Cc1c(C(=O)N2CC(C#N)C2)cn2nccc(Nc3ccc4ccsc4c3)c12. The summed E-state index contributed by atoms with van der Waals surface area (Å²) >= 11 is 1.71. The summed E-state index contributed by atoms with van der Waals surface area (Å²) in [4.78, 5) is 14.5. The molecular weight excluding hydrogens is 370 g/mol. The molecule has 0 aliphatic carbocycles. The monoisotopic (exact) mass is 387 g/mol. The minimum atomic E-state index is -0.0520. The highest BCUT2D eigenvalue weighted by atomic mass is 32.1. The standard InChI is InChI=1S/C21H17N5OS/c1-13-17(21(27)25-10-14(9-22)11-25)12-26-20(13)18(4-6-23-26)24-16-3-2-15-5-7-28-19(15)8-16/h2-8,12,14,24H,10-11H2,1H3. The van der Waals surface area contributed by atoms with Crippen LogP contribution in [0.5, 0.6) is 0 Å². The number of thiophene rings is 1. The number of rotatable bonds is 3. The highest BCUT2D eigenvalue weighted by Crippen LogP contribution is 2.31. The fourth-order valence-corrected chi connectivity index (χ4v) is 4.49. The van der Waals surface area contributed by atoms with Crippen molar-refractivity contribution in [2.24, 2.45) is 5.92 Å². The minimum absolute atomic E-state index is 0.0412. The Morgan fingerprint density at radius 3 is 3.00 bits per heavy atom. The normalized spacial score (nSPS) is 14.2. The predicted octanol–water partition coefficient (Wildman–Crippen LogP) is 4.20. The van der Waals surface area contributed by atoms with Gasteiger partial charge in [0.2, 0.25) is 0 Å². The molecule has 1 aliphatic rings. The van der Waals surface area contributed by atoms with E-state index in [1.807, 2.05) is 13.0 Å². The Balaban J connectivity index is 1.50. The van der Waals surface area contributed by atoms with Crippen LogP contribution >= 0.6 is 11.3 Å². The number of hydrogen-bond acceptors (Lipinski definition) is 5. The molecule has 1 N–H and O–H groups in total.